The summed E-state index contributed by atoms with van der Waals surface area (Å²) >= 11 is 0.767. The second kappa shape index (κ2) is 4.73. The van der Waals surface area contributed by atoms with Crippen LogP contribution >= 0.6 is 11.8 Å². The number of nitrogen functional groups attached to an aromatic ring is 1. The van der Waals surface area contributed by atoms with Crippen molar-refractivity contribution in [2.24, 2.45) is 5.73 Å². The van der Waals surface area contributed by atoms with Gasteiger partial charge in [0.25, 0.3) is 0 Å². The van der Waals surface area contributed by atoms with Gasteiger partial charge in [0.05, 0.1) is 4.90 Å². The number of aromatic amines is 1. The van der Waals surface area contributed by atoms with Crippen LogP contribution in [0.15, 0.2) is 22.2 Å². The van der Waals surface area contributed by atoms with Crippen molar-refractivity contribution in [3.05, 3.63) is 35.2 Å². The number of rotatable bonds is 3. The normalized spacial score (nSPS) is 10.6. The second-order valence-electron chi connectivity index (χ2n) is 3.49. The topological polar surface area (TPSA) is 91.4 Å². The Hall–Kier alpha value is -1.96. The predicted molar refractivity (Wildman–Crippen MR) is 62.6 cm³/mol. The molecular weight excluding hydrogens is 260 g/mol. The second-order valence-corrected chi connectivity index (χ2v) is 4.47. The maximum atomic E-state index is 13.7. The number of aryl methyl sites for hydroxylation is 1. The molecule has 0 spiro atoms. The quantitative estimate of drug-likeness (QED) is 0.585. The number of benzene rings is 1. The summed E-state index contributed by atoms with van der Waals surface area (Å²) in [4.78, 5) is 3.72. The average molecular weight is 269 g/mol. The number of aromatic nitrogens is 3. The number of hydrogen-bond acceptors (Lipinski definition) is 4. The minimum absolute atomic E-state index is 0.000479. The lowest BCUT2D eigenvalue weighted by atomic mass is 10.2. The summed E-state index contributed by atoms with van der Waals surface area (Å²) in [7, 11) is 0. The van der Waals surface area contributed by atoms with Crippen LogP contribution in [0.4, 0.5) is 8.78 Å². The molecule has 2 rings (SSSR count). The maximum Gasteiger partial charge on any atom is 0.213 e. The molecule has 5 nitrogen and oxygen atoms in total. The van der Waals surface area contributed by atoms with Gasteiger partial charge < -0.3 is 5.73 Å². The fourth-order valence-corrected chi connectivity index (χ4v) is 2.04. The van der Waals surface area contributed by atoms with Crippen LogP contribution in [-0.4, -0.2) is 21.0 Å². The van der Waals surface area contributed by atoms with E-state index in [1.165, 1.54) is 0 Å². The molecule has 0 aliphatic heterocycles. The third-order valence-electron chi connectivity index (χ3n) is 2.08. The number of nitrogens with two attached hydrogens (primary N) is 1. The zero-order valence-corrected chi connectivity index (χ0v) is 10.1. The van der Waals surface area contributed by atoms with Gasteiger partial charge in [-0.3, -0.25) is 10.5 Å². The molecule has 2 aromatic rings. The van der Waals surface area contributed by atoms with Crippen molar-refractivity contribution < 1.29 is 8.78 Å². The monoisotopic (exact) mass is 269 g/mol. The van der Waals surface area contributed by atoms with Crippen molar-refractivity contribution in [3.63, 3.8) is 0 Å². The predicted octanol–water partition coefficient (Wildman–Crippen LogP) is 1.83. The fourth-order valence-electron chi connectivity index (χ4n) is 1.27. The molecule has 0 saturated heterocycles. The van der Waals surface area contributed by atoms with Gasteiger partial charge in [-0.05, 0) is 30.8 Å². The number of nitrogens with one attached hydrogen (secondary N) is 2. The van der Waals surface area contributed by atoms with Crippen LogP contribution in [0.5, 0.6) is 0 Å². The number of H-pyrrole nitrogens is 1. The molecule has 0 saturated carbocycles. The highest BCUT2D eigenvalue weighted by molar-refractivity contribution is 7.99. The lowest BCUT2D eigenvalue weighted by Crippen LogP contribution is -2.12. The Kier molecular flexibility index (Phi) is 3.28. The first kappa shape index (κ1) is 12.5. The van der Waals surface area contributed by atoms with E-state index in [4.69, 9.17) is 11.1 Å². The highest BCUT2D eigenvalue weighted by Crippen LogP contribution is 2.30. The van der Waals surface area contributed by atoms with Gasteiger partial charge in [-0.2, -0.15) is 0 Å². The molecule has 0 fully saturated rings. The van der Waals surface area contributed by atoms with Crippen molar-refractivity contribution in [2.75, 3.05) is 0 Å². The maximum absolute atomic E-state index is 13.7. The van der Waals surface area contributed by atoms with Crippen LogP contribution < -0.4 is 5.73 Å². The summed E-state index contributed by atoms with van der Waals surface area (Å²) < 4.78 is 27.4. The Balaban J connectivity index is 2.37. The molecular formula is C10H9F2N5S. The number of hydrogen-bond donors (Lipinski definition) is 3. The molecule has 0 radical (unpaired) electrons. The van der Waals surface area contributed by atoms with E-state index in [2.05, 4.69) is 15.2 Å². The van der Waals surface area contributed by atoms with Gasteiger partial charge in [-0.15, -0.1) is 5.10 Å². The van der Waals surface area contributed by atoms with E-state index in [0.717, 1.165) is 23.9 Å². The lowest BCUT2D eigenvalue weighted by Gasteiger charge is -2.04. The molecule has 18 heavy (non-hydrogen) atoms. The molecule has 0 atom stereocenters. The Morgan fingerprint density at radius 3 is 2.44 bits per heavy atom. The number of halogens is 2. The molecule has 1 heterocycles. The van der Waals surface area contributed by atoms with Crippen LogP contribution in [0.3, 0.4) is 0 Å². The molecule has 0 aliphatic carbocycles. The Morgan fingerprint density at radius 2 is 2.00 bits per heavy atom. The molecule has 4 N–H and O–H groups in total. The van der Waals surface area contributed by atoms with Crippen LogP contribution in [0.1, 0.15) is 11.4 Å². The van der Waals surface area contributed by atoms with E-state index in [1.807, 2.05) is 0 Å². The SMILES string of the molecule is Cc1nc(Sc2c(F)cc(C(=N)N)cc2F)n[nH]1. The van der Waals surface area contributed by atoms with Crippen molar-refractivity contribution in [1.29, 1.82) is 5.41 Å². The largest absolute Gasteiger partial charge is 0.384 e. The van der Waals surface area contributed by atoms with Crippen molar-refractivity contribution in [1.82, 2.24) is 15.2 Å². The van der Waals surface area contributed by atoms with Crippen molar-refractivity contribution in [3.8, 4) is 0 Å². The molecule has 1 aromatic heterocycles. The number of amidine groups is 1. The molecule has 0 amide bonds. The van der Waals surface area contributed by atoms with Crippen molar-refractivity contribution >= 4 is 17.6 Å². The Bertz CT molecular complexity index is 587. The van der Waals surface area contributed by atoms with Gasteiger partial charge in [-0.25, -0.2) is 13.8 Å². The van der Waals surface area contributed by atoms with Gasteiger partial charge in [-0.1, -0.05) is 0 Å². The summed E-state index contributed by atoms with van der Waals surface area (Å²) in [5.41, 5.74) is 5.17. The van der Waals surface area contributed by atoms with Gasteiger partial charge in [0, 0.05) is 5.56 Å². The van der Waals surface area contributed by atoms with E-state index in [9.17, 15) is 8.78 Å². The molecule has 8 heteroatoms. The third kappa shape index (κ3) is 2.48. The van der Waals surface area contributed by atoms with Gasteiger partial charge in [0.2, 0.25) is 5.16 Å². The summed E-state index contributed by atoms with van der Waals surface area (Å²) in [5, 5.41) is 13.7. The number of nitrogens with zero attached hydrogens (tertiary/aromatic N) is 2. The van der Waals surface area contributed by atoms with Crippen molar-refractivity contribution in [2.45, 2.75) is 17.0 Å². The molecule has 94 valence electrons. The average Bonchev–Trinajstić information content (AvgIpc) is 2.69. The smallest absolute Gasteiger partial charge is 0.213 e. The van der Waals surface area contributed by atoms with E-state index in [-0.39, 0.29) is 15.6 Å². The highest BCUT2D eigenvalue weighted by atomic mass is 32.2. The molecule has 0 unspecified atom stereocenters. The van der Waals surface area contributed by atoms with E-state index < -0.39 is 17.5 Å². The highest BCUT2D eigenvalue weighted by Gasteiger charge is 2.15. The first-order chi connectivity index (χ1) is 8.47. The molecule has 0 bridgehead atoms. The van der Waals surface area contributed by atoms with Gasteiger partial charge in [0.1, 0.15) is 23.3 Å². The molecule has 0 aliphatic rings. The minimum atomic E-state index is -0.798. The Labute approximate surface area is 105 Å². The first-order valence-electron chi connectivity index (χ1n) is 4.87. The van der Waals surface area contributed by atoms with Crippen LogP contribution in [0.2, 0.25) is 0 Å². The lowest BCUT2D eigenvalue weighted by molar-refractivity contribution is 0.539. The summed E-state index contributed by atoms with van der Waals surface area (Å²) in [6, 6.07) is 2.01. The van der Waals surface area contributed by atoms with Gasteiger partial charge in [0.15, 0.2) is 0 Å². The van der Waals surface area contributed by atoms with E-state index in [0.29, 0.717) is 5.82 Å². The Morgan fingerprint density at radius 1 is 1.39 bits per heavy atom. The summed E-state index contributed by atoms with van der Waals surface area (Å²) in [6.07, 6.45) is 0. The first-order valence-corrected chi connectivity index (χ1v) is 5.69. The van der Waals surface area contributed by atoms with E-state index >= 15 is 0 Å². The standard InChI is InChI=1S/C10H9F2N5S/c1-4-15-10(17-16-4)18-8-6(11)2-5(9(13)14)3-7(8)12/h2-3H,1H3,(H3,13,14)(H,15,16,17). The van der Waals surface area contributed by atoms with Gasteiger partial charge >= 0.3 is 0 Å². The van der Waals surface area contributed by atoms with Crippen LogP contribution in [0, 0.1) is 24.0 Å². The fraction of sp³-hybridized carbons (Fsp3) is 0.100. The van der Waals surface area contributed by atoms with E-state index in [1.54, 1.807) is 6.92 Å². The third-order valence-corrected chi connectivity index (χ3v) is 3.04. The summed E-state index contributed by atoms with van der Waals surface area (Å²) in [5.74, 6) is -1.43. The zero-order chi connectivity index (χ0) is 13.3. The molecule has 1 aromatic carbocycles. The summed E-state index contributed by atoms with van der Waals surface area (Å²) in [6.45, 7) is 1.68. The zero-order valence-electron chi connectivity index (χ0n) is 9.29. The van der Waals surface area contributed by atoms with Crippen LogP contribution in [0.25, 0.3) is 0 Å². The minimum Gasteiger partial charge on any atom is -0.384 e. The van der Waals surface area contributed by atoms with Crippen LogP contribution in [-0.2, 0) is 0 Å².